The van der Waals surface area contributed by atoms with Crippen molar-refractivity contribution in [1.29, 1.82) is 0 Å². The molecule has 0 aliphatic carbocycles. The lowest BCUT2D eigenvalue weighted by atomic mass is 10.0. The van der Waals surface area contributed by atoms with Crippen LogP contribution in [0.1, 0.15) is 0 Å². The Kier molecular flexibility index (Phi) is 2.12. The molecule has 4 nitrogen and oxygen atoms in total. The molecule has 1 aliphatic rings. The predicted octanol–water partition coefficient (Wildman–Crippen LogP) is 3.83. The molecule has 0 spiro atoms. The summed E-state index contributed by atoms with van der Waals surface area (Å²) >= 11 is 0. The molecule has 0 atom stereocenters. The summed E-state index contributed by atoms with van der Waals surface area (Å²) in [5.41, 5.74) is 1.09. The third-order valence-electron chi connectivity index (χ3n) is 4.06. The van der Waals surface area contributed by atoms with Crippen molar-refractivity contribution in [3.63, 3.8) is 0 Å². The second kappa shape index (κ2) is 4.01. The molecule has 0 fully saturated rings. The summed E-state index contributed by atoms with van der Waals surface area (Å²) in [7, 11) is 0. The quantitative estimate of drug-likeness (QED) is 0.365. The topological polar surface area (TPSA) is 48.7 Å². The average Bonchev–Trinajstić information content (AvgIpc) is 3.03. The van der Waals surface area contributed by atoms with Gasteiger partial charge in [-0.05, 0) is 29.7 Å². The highest BCUT2D eigenvalue weighted by molar-refractivity contribution is 6.12. The van der Waals surface area contributed by atoms with Crippen LogP contribution >= 0.6 is 0 Å². The van der Waals surface area contributed by atoms with E-state index >= 15 is 0 Å². The van der Waals surface area contributed by atoms with E-state index in [4.69, 9.17) is 13.9 Å². The molecule has 22 heavy (non-hydrogen) atoms. The predicted molar refractivity (Wildman–Crippen MR) is 83.6 cm³/mol. The van der Waals surface area contributed by atoms with Gasteiger partial charge in [0.15, 0.2) is 11.5 Å². The van der Waals surface area contributed by atoms with E-state index in [1.807, 2.05) is 36.4 Å². The molecular formula is C18H10O4. The first-order valence-electron chi connectivity index (χ1n) is 7.00. The minimum atomic E-state index is -0.0497. The molecule has 1 aliphatic heterocycles. The van der Waals surface area contributed by atoms with Crippen molar-refractivity contribution in [2.75, 3.05) is 6.79 Å². The van der Waals surface area contributed by atoms with E-state index in [-0.39, 0.29) is 12.2 Å². The molecule has 4 heteroatoms. The van der Waals surface area contributed by atoms with Crippen molar-refractivity contribution >= 4 is 32.7 Å². The summed E-state index contributed by atoms with van der Waals surface area (Å²) in [5, 5.41) is 2.80. The van der Waals surface area contributed by atoms with Gasteiger partial charge in [-0.3, -0.25) is 4.79 Å². The fourth-order valence-electron chi connectivity index (χ4n) is 3.06. The summed E-state index contributed by atoms with van der Waals surface area (Å²) in [4.78, 5) is 12.9. The van der Waals surface area contributed by atoms with Crippen LogP contribution in [-0.4, -0.2) is 6.79 Å². The van der Waals surface area contributed by atoms with Gasteiger partial charge in [0.05, 0.1) is 10.8 Å². The number of para-hydroxylation sites is 1. The van der Waals surface area contributed by atoms with Gasteiger partial charge < -0.3 is 13.9 Å². The third kappa shape index (κ3) is 1.39. The van der Waals surface area contributed by atoms with Crippen molar-refractivity contribution in [2.45, 2.75) is 0 Å². The number of hydrogen-bond acceptors (Lipinski definition) is 4. The lowest BCUT2D eigenvalue weighted by molar-refractivity contribution is 0.175. The van der Waals surface area contributed by atoms with E-state index in [9.17, 15) is 4.79 Å². The first-order valence-corrected chi connectivity index (χ1v) is 7.00. The Morgan fingerprint density at radius 1 is 0.818 bits per heavy atom. The molecule has 3 aromatic carbocycles. The zero-order valence-corrected chi connectivity index (χ0v) is 11.5. The number of fused-ring (bicyclic) bond motifs is 6. The number of rotatable bonds is 0. The van der Waals surface area contributed by atoms with Crippen LogP contribution in [0.5, 0.6) is 11.5 Å². The summed E-state index contributed by atoms with van der Waals surface area (Å²) in [5.74, 6) is 1.28. The maximum absolute atomic E-state index is 12.9. The average molecular weight is 290 g/mol. The molecule has 4 aromatic rings. The molecule has 5 rings (SSSR count). The normalized spacial score (nSPS) is 13.3. The molecule has 0 unspecified atom stereocenters. The van der Waals surface area contributed by atoms with E-state index in [0.717, 1.165) is 10.8 Å². The number of hydrogen-bond donors (Lipinski definition) is 0. The van der Waals surface area contributed by atoms with Crippen molar-refractivity contribution in [3.05, 3.63) is 58.8 Å². The smallest absolute Gasteiger partial charge is 0.231 e. The maximum atomic E-state index is 12.9. The molecule has 0 saturated heterocycles. The van der Waals surface area contributed by atoms with Crippen LogP contribution in [-0.2, 0) is 0 Å². The van der Waals surface area contributed by atoms with Crippen LogP contribution in [0.15, 0.2) is 57.7 Å². The molecule has 0 bridgehead atoms. The highest BCUT2D eigenvalue weighted by Crippen LogP contribution is 2.42. The fourth-order valence-corrected chi connectivity index (χ4v) is 3.06. The van der Waals surface area contributed by atoms with Crippen molar-refractivity contribution in [2.24, 2.45) is 0 Å². The Balaban J connectivity index is 2.11. The van der Waals surface area contributed by atoms with E-state index < -0.39 is 0 Å². The van der Waals surface area contributed by atoms with E-state index in [1.165, 1.54) is 0 Å². The summed E-state index contributed by atoms with van der Waals surface area (Å²) in [6.45, 7) is 0.170. The summed E-state index contributed by atoms with van der Waals surface area (Å²) in [6.07, 6.45) is 0. The molecule has 0 radical (unpaired) electrons. The second-order valence-corrected chi connectivity index (χ2v) is 5.26. The van der Waals surface area contributed by atoms with Gasteiger partial charge in [-0.25, -0.2) is 0 Å². The standard InChI is InChI=1S/C18H10O4/c19-17-11-3-1-2-4-12(11)22-13-7-5-10-6-8-14-18(21-9-20-14)15(10)16(13)17/h1-8H,9H2. The van der Waals surface area contributed by atoms with Gasteiger partial charge in [0, 0.05) is 5.39 Å². The molecule has 0 amide bonds. The molecule has 1 aromatic heterocycles. The Bertz CT molecular complexity index is 1120. The van der Waals surface area contributed by atoms with Crippen LogP contribution in [0.4, 0.5) is 0 Å². The van der Waals surface area contributed by atoms with Crippen LogP contribution in [0.25, 0.3) is 32.7 Å². The molecule has 106 valence electrons. The van der Waals surface area contributed by atoms with Gasteiger partial charge >= 0.3 is 0 Å². The molecule has 0 saturated carbocycles. The Morgan fingerprint density at radius 3 is 2.64 bits per heavy atom. The fraction of sp³-hybridized carbons (Fsp3) is 0.0556. The second-order valence-electron chi connectivity index (χ2n) is 5.26. The lowest BCUT2D eigenvalue weighted by Gasteiger charge is -2.07. The van der Waals surface area contributed by atoms with E-state index in [1.54, 1.807) is 12.1 Å². The highest BCUT2D eigenvalue weighted by Gasteiger charge is 2.21. The van der Waals surface area contributed by atoms with Crippen LogP contribution in [0, 0.1) is 0 Å². The van der Waals surface area contributed by atoms with Crippen LogP contribution in [0.3, 0.4) is 0 Å². The van der Waals surface area contributed by atoms with Gasteiger partial charge in [0.2, 0.25) is 12.2 Å². The molecular weight excluding hydrogens is 280 g/mol. The zero-order chi connectivity index (χ0) is 14.7. The largest absolute Gasteiger partial charge is 0.456 e. The first kappa shape index (κ1) is 11.6. The zero-order valence-electron chi connectivity index (χ0n) is 11.5. The molecule has 0 N–H and O–H groups in total. The molecule has 2 heterocycles. The Morgan fingerprint density at radius 2 is 1.68 bits per heavy atom. The minimum absolute atomic E-state index is 0.0497. The van der Waals surface area contributed by atoms with Gasteiger partial charge in [-0.1, -0.05) is 24.3 Å². The number of benzene rings is 3. The maximum Gasteiger partial charge on any atom is 0.231 e. The monoisotopic (exact) mass is 290 g/mol. The van der Waals surface area contributed by atoms with Gasteiger partial charge in [-0.2, -0.15) is 0 Å². The first-order chi connectivity index (χ1) is 10.8. The SMILES string of the molecule is O=c1c2ccccc2oc2ccc3ccc4c(c3c12)OCO4. The summed E-state index contributed by atoms with van der Waals surface area (Å²) in [6, 6.07) is 14.8. The van der Waals surface area contributed by atoms with Crippen molar-refractivity contribution in [1.82, 2.24) is 0 Å². The van der Waals surface area contributed by atoms with Crippen molar-refractivity contribution < 1.29 is 13.9 Å². The van der Waals surface area contributed by atoms with Gasteiger partial charge in [0.25, 0.3) is 0 Å². The number of ether oxygens (including phenoxy) is 2. The summed E-state index contributed by atoms with van der Waals surface area (Å²) < 4.78 is 16.9. The Hall–Kier alpha value is -3.01. The van der Waals surface area contributed by atoms with E-state index in [0.29, 0.717) is 33.4 Å². The van der Waals surface area contributed by atoms with Gasteiger partial charge in [-0.15, -0.1) is 0 Å². The van der Waals surface area contributed by atoms with Crippen LogP contribution in [0.2, 0.25) is 0 Å². The lowest BCUT2D eigenvalue weighted by Crippen LogP contribution is -2.03. The van der Waals surface area contributed by atoms with Crippen LogP contribution < -0.4 is 14.9 Å². The third-order valence-corrected chi connectivity index (χ3v) is 4.06. The minimum Gasteiger partial charge on any atom is -0.456 e. The highest BCUT2D eigenvalue weighted by atomic mass is 16.7. The van der Waals surface area contributed by atoms with E-state index in [2.05, 4.69) is 0 Å². The van der Waals surface area contributed by atoms with Crippen molar-refractivity contribution in [3.8, 4) is 11.5 Å². The Labute approximate surface area is 124 Å². The van der Waals surface area contributed by atoms with Gasteiger partial charge in [0.1, 0.15) is 11.2 Å².